The van der Waals surface area contributed by atoms with Crippen molar-refractivity contribution in [1.82, 2.24) is 0 Å². The summed E-state index contributed by atoms with van der Waals surface area (Å²) in [5, 5.41) is 4.48. The molecule has 2 rings (SSSR count). The van der Waals surface area contributed by atoms with Gasteiger partial charge in [-0.05, 0) is 71.9 Å². The molecule has 19 heavy (non-hydrogen) atoms. The first-order chi connectivity index (χ1) is 9.06. The van der Waals surface area contributed by atoms with Gasteiger partial charge in [0.05, 0.1) is 10.7 Å². The van der Waals surface area contributed by atoms with Gasteiger partial charge in [-0.1, -0.05) is 38.3 Å². The Bertz CT molecular complexity index is 419. The summed E-state index contributed by atoms with van der Waals surface area (Å²) in [6.45, 7) is 4.71. The molecule has 1 nitrogen and oxygen atoms in total. The Labute approximate surface area is 135 Å². The normalized spacial score (nSPS) is 24.3. The van der Waals surface area contributed by atoms with Crippen LogP contribution in [0.15, 0.2) is 18.2 Å². The highest BCUT2D eigenvalue weighted by Crippen LogP contribution is 2.31. The molecule has 0 amide bonds. The van der Waals surface area contributed by atoms with Crippen LogP contribution in [0.3, 0.4) is 0 Å². The molecule has 1 aromatic carbocycles. The lowest BCUT2D eigenvalue weighted by atomic mass is 9.89. The topological polar surface area (TPSA) is 12.0 Å². The number of benzene rings is 1. The third kappa shape index (κ3) is 4.52. The van der Waals surface area contributed by atoms with Crippen molar-refractivity contribution in [3.05, 3.63) is 26.8 Å². The number of hydrogen-bond donors (Lipinski definition) is 1. The van der Waals surface area contributed by atoms with E-state index >= 15 is 0 Å². The van der Waals surface area contributed by atoms with E-state index in [-0.39, 0.29) is 0 Å². The molecule has 0 aromatic heterocycles. The predicted molar refractivity (Wildman–Crippen MR) is 93.0 cm³/mol. The molecule has 1 aliphatic rings. The highest BCUT2D eigenvalue weighted by molar-refractivity contribution is 14.1. The van der Waals surface area contributed by atoms with Gasteiger partial charge in [0.1, 0.15) is 0 Å². The summed E-state index contributed by atoms with van der Waals surface area (Å²) in [5.41, 5.74) is 1.09. The number of halogens is 2. The minimum atomic E-state index is 0.585. The summed E-state index contributed by atoms with van der Waals surface area (Å²) >= 11 is 8.60. The van der Waals surface area contributed by atoms with E-state index in [9.17, 15) is 0 Å². The first-order valence-electron chi connectivity index (χ1n) is 7.28. The molecule has 106 valence electrons. The summed E-state index contributed by atoms with van der Waals surface area (Å²) in [6.07, 6.45) is 6.60. The zero-order valence-corrected chi connectivity index (χ0v) is 14.7. The van der Waals surface area contributed by atoms with Crippen molar-refractivity contribution in [2.75, 3.05) is 5.32 Å². The van der Waals surface area contributed by atoms with E-state index in [1.165, 1.54) is 35.7 Å². The first kappa shape index (κ1) is 15.4. The second kappa shape index (κ2) is 7.16. The van der Waals surface area contributed by atoms with E-state index < -0.39 is 0 Å². The van der Waals surface area contributed by atoms with E-state index in [2.05, 4.69) is 53.9 Å². The van der Waals surface area contributed by atoms with Crippen LogP contribution in [-0.4, -0.2) is 6.04 Å². The minimum Gasteiger partial charge on any atom is -0.381 e. The Balaban J connectivity index is 1.96. The van der Waals surface area contributed by atoms with E-state index in [1.807, 2.05) is 6.07 Å². The van der Waals surface area contributed by atoms with E-state index in [0.717, 1.165) is 22.5 Å². The summed E-state index contributed by atoms with van der Waals surface area (Å²) in [5.74, 6) is 1.72. The lowest BCUT2D eigenvalue weighted by molar-refractivity contribution is 0.341. The number of anilines is 1. The third-order valence-electron chi connectivity index (χ3n) is 4.25. The molecule has 0 spiro atoms. The number of hydrogen-bond acceptors (Lipinski definition) is 1. The molecular formula is C16H23ClIN. The van der Waals surface area contributed by atoms with E-state index in [0.29, 0.717) is 6.04 Å². The fraction of sp³-hybridized carbons (Fsp3) is 0.625. The van der Waals surface area contributed by atoms with Gasteiger partial charge in [0.15, 0.2) is 0 Å². The quantitative estimate of drug-likeness (QED) is 0.495. The Morgan fingerprint density at radius 1 is 1.21 bits per heavy atom. The lowest BCUT2D eigenvalue weighted by Crippen LogP contribution is -2.19. The molecule has 1 aromatic rings. The molecule has 0 radical (unpaired) electrons. The average Bonchev–Trinajstić information content (AvgIpc) is 2.58. The molecule has 2 unspecified atom stereocenters. The number of rotatable bonds is 3. The molecule has 1 N–H and O–H groups in total. The molecule has 0 saturated heterocycles. The Kier molecular flexibility index (Phi) is 5.82. The molecule has 0 aliphatic heterocycles. The molecule has 1 fully saturated rings. The van der Waals surface area contributed by atoms with Crippen LogP contribution in [0, 0.1) is 15.4 Å². The van der Waals surface area contributed by atoms with Crippen LogP contribution >= 0.6 is 34.2 Å². The Hall–Kier alpha value is 0.0400. The molecule has 3 heteroatoms. The highest BCUT2D eigenvalue weighted by Gasteiger charge is 2.21. The average molecular weight is 392 g/mol. The van der Waals surface area contributed by atoms with Crippen LogP contribution in [0.5, 0.6) is 0 Å². The van der Waals surface area contributed by atoms with Gasteiger partial charge >= 0.3 is 0 Å². The van der Waals surface area contributed by atoms with Gasteiger partial charge in [-0.2, -0.15) is 0 Å². The maximum atomic E-state index is 6.30. The van der Waals surface area contributed by atoms with Gasteiger partial charge in [-0.25, -0.2) is 0 Å². The minimum absolute atomic E-state index is 0.585. The molecule has 0 bridgehead atoms. The fourth-order valence-electron chi connectivity index (χ4n) is 2.97. The number of nitrogens with one attached hydrogen (secondary N) is 1. The van der Waals surface area contributed by atoms with Crippen LogP contribution in [0.1, 0.15) is 46.0 Å². The van der Waals surface area contributed by atoms with Crippen molar-refractivity contribution in [3.63, 3.8) is 0 Å². The van der Waals surface area contributed by atoms with Gasteiger partial charge in [0.25, 0.3) is 0 Å². The van der Waals surface area contributed by atoms with Crippen molar-refractivity contribution in [2.45, 2.75) is 52.0 Å². The van der Waals surface area contributed by atoms with Crippen LogP contribution in [-0.2, 0) is 0 Å². The molecule has 2 atom stereocenters. The van der Waals surface area contributed by atoms with Gasteiger partial charge in [-0.3, -0.25) is 0 Å². The summed E-state index contributed by atoms with van der Waals surface area (Å²) in [4.78, 5) is 0. The molecular weight excluding hydrogens is 369 g/mol. The third-order valence-corrected chi connectivity index (χ3v) is 5.23. The van der Waals surface area contributed by atoms with Crippen molar-refractivity contribution in [2.24, 2.45) is 11.8 Å². The second-order valence-electron chi connectivity index (χ2n) is 5.98. The maximum absolute atomic E-state index is 6.30. The molecule has 1 saturated carbocycles. The van der Waals surface area contributed by atoms with Crippen molar-refractivity contribution in [1.29, 1.82) is 0 Å². The van der Waals surface area contributed by atoms with Gasteiger partial charge in [0, 0.05) is 9.61 Å². The van der Waals surface area contributed by atoms with Crippen LogP contribution < -0.4 is 5.32 Å². The Morgan fingerprint density at radius 2 is 2.00 bits per heavy atom. The van der Waals surface area contributed by atoms with Crippen LogP contribution in [0.2, 0.25) is 5.02 Å². The molecule has 0 heterocycles. The van der Waals surface area contributed by atoms with Gasteiger partial charge in [-0.15, -0.1) is 0 Å². The zero-order valence-electron chi connectivity index (χ0n) is 11.8. The summed E-state index contributed by atoms with van der Waals surface area (Å²) in [6, 6.07) is 6.83. The SMILES string of the molecule is CC(C)C1CCCC(Nc2ccc(I)cc2Cl)CC1. The monoisotopic (exact) mass is 391 g/mol. The summed E-state index contributed by atoms with van der Waals surface area (Å²) < 4.78 is 1.19. The predicted octanol–water partition coefficient (Wildman–Crippen LogP) is 5.96. The molecule has 1 aliphatic carbocycles. The second-order valence-corrected chi connectivity index (χ2v) is 7.63. The zero-order chi connectivity index (χ0) is 13.8. The maximum Gasteiger partial charge on any atom is 0.0648 e. The Morgan fingerprint density at radius 3 is 2.68 bits per heavy atom. The van der Waals surface area contributed by atoms with Crippen molar-refractivity contribution < 1.29 is 0 Å². The fourth-order valence-corrected chi connectivity index (χ4v) is 3.88. The van der Waals surface area contributed by atoms with Gasteiger partial charge < -0.3 is 5.32 Å². The first-order valence-corrected chi connectivity index (χ1v) is 8.73. The highest BCUT2D eigenvalue weighted by atomic mass is 127. The van der Waals surface area contributed by atoms with E-state index in [1.54, 1.807) is 0 Å². The standard InChI is InChI=1S/C16H23ClIN/c1-11(2)12-4-3-5-14(8-6-12)19-16-9-7-13(18)10-15(16)17/h7,9-12,14,19H,3-6,8H2,1-2H3. The smallest absolute Gasteiger partial charge is 0.0648 e. The van der Waals surface area contributed by atoms with E-state index in [4.69, 9.17) is 11.6 Å². The largest absolute Gasteiger partial charge is 0.381 e. The van der Waals surface area contributed by atoms with Gasteiger partial charge in [0.2, 0.25) is 0 Å². The lowest BCUT2D eigenvalue weighted by Gasteiger charge is -2.20. The summed E-state index contributed by atoms with van der Waals surface area (Å²) in [7, 11) is 0. The van der Waals surface area contributed by atoms with Crippen LogP contribution in [0.25, 0.3) is 0 Å². The van der Waals surface area contributed by atoms with Crippen LogP contribution in [0.4, 0.5) is 5.69 Å². The van der Waals surface area contributed by atoms with Crippen molar-refractivity contribution >= 4 is 39.9 Å². The van der Waals surface area contributed by atoms with Crippen molar-refractivity contribution in [3.8, 4) is 0 Å².